The van der Waals surface area contributed by atoms with E-state index in [4.69, 9.17) is 0 Å². The maximum Gasteiger partial charge on any atom is 0.349 e. The third-order valence-corrected chi connectivity index (χ3v) is 3.64. The lowest BCUT2D eigenvalue weighted by molar-refractivity contribution is 0.0606. The fraction of sp³-hybridized carbons (Fsp3) is 0.0714. The van der Waals surface area contributed by atoms with Crippen LogP contribution >= 0.6 is 11.3 Å². The number of methoxy groups -OCH3 is 1. The molecule has 1 N–H and O–H groups in total. The maximum atomic E-state index is 11.4. The first-order valence-electron chi connectivity index (χ1n) is 5.92. The van der Waals surface area contributed by atoms with Crippen LogP contribution in [0.25, 0.3) is 10.9 Å². The number of anilines is 2. The Bertz CT molecular complexity index is 770. The van der Waals surface area contributed by atoms with Crippen molar-refractivity contribution < 1.29 is 9.53 Å². The fourth-order valence-electron chi connectivity index (χ4n) is 1.80. The van der Waals surface area contributed by atoms with E-state index in [1.54, 1.807) is 6.20 Å². The van der Waals surface area contributed by atoms with Gasteiger partial charge in [-0.15, -0.1) is 0 Å². The molecule has 3 aromatic rings. The molecule has 0 amide bonds. The second-order valence-corrected chi connectivity index (χ2v) is 5.09. The van der Waals surface area contributed by atoms with Gasteiger partial charge in [-0.1, -0.05) is 17.4 Å². The van der Waals surface area contributed by atoms with Gasteiger partial charge in [0.1, 0.15) is 4.88 Å². The third-order valence-electron chi connectivity index (χ3n) is 2.75. The molecule has 0 aliphatic carbocycles. The first-order chi connectivity index (χ1) is 9.76. The van der Waals surface area contributed by atoms with Crippen LogP contribution < -0.4 is 5.32 Å². The van der Waals surface area contributed by atoms with Gasteiger partial charge in [-0.2, -0.15) is 0 Å². The van der Waals surface area contributed by atoms with Crippen LogP contribution in [-0.2, 0) is 4.74 Å². The maximum absolute atomic E-state index is 11.4. The van der Waals surface area contributed by atoms with Crippen molar-refractivity contribution in [2.24, 2.45) is 0 Å². The highest BCUT2D eigenvalue weighted by atomic mass is 32.1. The van der Waals surface area contributed by atoms with E-state index in [9.17, 15) is 4.79 Å². The molecule has 6 heteroatoms. The van der Waals surface area contributed by atoms with Crippen LogP contribution in [0.5, 0.6) is 0 Å². The molecule has 5 nitrogen and oxygen atoms in total. The SMILES string of the molecule is COC(=O)c1cnc(Nc2ccc3ncccc3c2)s1. The van der Waals surface area contributed by atoms with Crippen LogP contribution in [-0.4, -0.2) is 23.0 Å². The smallest absolute Gasteiger partial charge is 0.349 e. The minimum Gasteiger partial charge on any atom is -0.465 e. The minimum atomic E-state index is -0.377. The summed E-state index contributed by atoms with van der Waals surface area (Å²) in [5.74, 6) is -0.377. The summed E-state index contributed by atoms with van der Waals surface area (Å²) in [5, 5.41) is 4.86. The van der Waals surface area contributed by atoms with Gasteiger partial charge in [-0.05, 0) is 24.3 Å². The van der Waals surface area contributed by atoms with E-state index in [0.717, 1.165) is 16.6 Å². The predicted molar refractivity (Wildman–Crippen MR) is 78.5 cm³/mol. The molecule has 0 aliphatic rings. The number of ether oxygens (including phenoxy) is 1. The second-order valence-electron chi connectivity index (χ2n) is 4.06. The number of rotatable bonds is 3. The van der Waals surface area contributed by atoms with Gasteiger partial charge in [0.2, 0.25) is 0 Å². The molecule has 100 valence electrons. The highest BCUT2D eigenvalue weighted by molar-refractivity contribution is 7.17. The summed E-state index contributed by atoms with van der Waals surface area (Å²) in [6.45, 7) is 0. The van der Waals surface area contributed by atoms with Crippen molar-refractivity contribution in [3.05, 3.63) is 47.6 Å². The average Bonchev–Trinajstić information content (AvgIpc) is 2.95. The van der Waals surface area contributed by atoms with Gasteiger partial charge in [-0.25, -0.2) is 9.78 Å². The lowest BCUT2D eigenvalue weighted by atomic mass is 10.2. The van der Waals surface area contributed by atoms with Crippen LogP contribution in [0.4, 0.5) is 10.8 Å². The van der Waals surface area contributed by atoms with Gasteiger partial charge < -0.3 is 10.1 Å². The average molecular weight is 285 g/mol. The lowest BCUT2D eigenvalue weighted by Crippen LogP contribution is -1.96. The minimum absolute atomic E-state index is 0.377. The molecule has 0 saturated carbocycles. The van der Waals surface area contributed by atoms with E-state index >= 15 is 0 Å². The number of pyridine rings is 1. The van der Waals surface area contributed by atoms with Crippen molar-refractivity contribution in [3.8, 4) is 0 Å². The molecule has 0 fully saturated rings. The van der Waals surface area contributed by atoms with E-state index in [-0.39, 0.29) is 5.97 Å². The highest BCUT2D eigenvalue weighted by Gasteiger charge is 2.10. The molecule has 2 aromatic heterocycles. The van der Waals surface area contributed by atoms with Crippen molar-refractivity contribution >= 4 is 39.0 Å². The molecular weight excluding hydrogens is 274 g/mol. The molecular formula is C14H11N3O2S. The van der Waals surface area contributed by atoms with Gasteiger partial charge in [0.25, 0.3) is 0 Å². The molecule has 20 heavy (non-hydrogen) atoms. The first kappa shape index (κ1) is 12.6. The topological polar surface area (TPSA) is 64.1 Å². The number of carbonyl (C=O) groups excluding carboxylic acids is 1. The Labute approximate surface area is 119 Å². The number of hydrogen-bond donors (Lipinski definition) is 1. The van der Waals surface area contributed by atoms with E-state index in [1.165, 1.54) is 24.6 Å². The molecule has 0 unspecified atom stereocenters. The van der Waals surface area contributed by atoms with Gasteiger partial charge >= 0.3 is 5.97 Å². The van der Waals surface area contributed by atoms with Crippen LogP contribution in [0.3, 0.4) is 0 Å². The number of hydrogen-bond acceptors (Lipinski definition) is 6. The Morgan fingerprint density at radius 3 is 3.05 bits per heavy atom. The molecule has 2 heterocycles. The summed E-state index contributed by atoms with van der Waals surface area (Å²) in [6, 6.07) is 9.74. The number of aromatic nitrogens is 2. The fourth-order valence-corrected chi connectivity index (χ4v) is 2.56. The molecule has 0 aliphatic heterocycles. The van der Waals surface area contributed by atoms with Crippen LogP contribution in [0.1, 0.15) is 9.67 Å². The number of nitrogens with one attached hydrogen (secondary N) is 1. The number of fused-ring (bicyclic) bond motifs is 1. The summed E-state index contributed by atoms with van der Waals surface area (Å²) in [5.41, 5.74) is 1.84. The number of esters is 1. The lowest BCUT2D eigenvalue weighted by Gasteiger charge is -2.03. The van der Waals surface area contributed by atoms with Gasteiger partial charge in [-0.3, -0.25) is 4.98 Å². The highest BCUT2D eigenvalue weighted by Crippen LogP contribution is 2.25. The quantitative estimate of drug-likeness (QED) is 0.748. The summed E-state index contributed by atoms with van der Waals surface area (Å²) in [6.07, 6.45) is 3.26. The molecule has 0 saturated heterocycles. The Balaban J connectivity index is 1.85. The summed E-state index contributed by atoms with van der Waals surface area (Å²) < 4.78 is 4.65. The zero-order valence-corrected chi connectivity index (χ0v) is 11.5. The number of thiazole rings is 1. The number of carbonyl (C=O) groups is 1. The summed E-state index contributed by atoms with van der Waals surface area (Å²) in [7, 11) is 1.35. The number of nitrogens with zero attached hydrogens (tertiary/aromatic N) is 2. The van der Waals surface area contributed by atoms with Crippen LogP contribution in [0, 0.1) is 0 Å². The van der Waals surface area contributed by atoms with Crippen LogP contribution in [0.2, 0.25) is 0 Å². The van der Waals surface area contributed by atoms with Crippen molar-refractivity contribution in [2.45, 2.75) is 0 Å². The monoisotopic (exact) mass is 285 g/mol. The summed E-state index contributed by atoms with van der Waals surface area (Å²) in [4.78, 5) is 20.3. The van der Waals surface area contributed by atoms with E-state index < -0.39 is 0 Å². The first-order valence-corrected chi connectivity index (χ1v) is 6.74. The molecule has 1 aromatic carbocycles. The Morgan fingerprint density at radius 2 is 2.20 bits per heavy atom. The van der Waals surface area contributed by atoms with E-state index in [0.29, 0.717) is 10.0 Å². The Morgan fingerprint density at radius 1 is 1.30 bits per heavy atom. The molecule has 0 radical (unpaired) electrons. The zero-order chi connectivity index (χ0) is 13.9. The van der Waals surface area contributed by atoms with Gasteiger partial charge in [0.05, 0.1) is 18.8 Å². The molecule has 0 bridgehead atoms. The van der Waals surface area contributed by atoms with E-state index in [2.05, 4.69) is 20.0 Å². The van der Waals surface area contributed by atoms with Crippen molar-refractivity contribution in [2.75, 3.05) is 12.4 Å². The second kappa shape index (κ2) is 5.26. The Kier molecular flexibility index (Phi) is 3.30. The van der Waals surface area contributed by atoms with Crippen molar-refractivity contribution in [3.63, 3.8) is 0 Å². The molecule has 3 rings (SSSR count). The van der Waals surface area contributed by atoms with Crippen LogP contribution in [0.15, 0.2) is 42.7 Å². The Hall–Kier alpha value is -2.47. The van der Waals surface area contributed by atoms with Gasteiger partial charge in [0, 0.05) is 17.3 Å². The van der Waals surface area contributed by atoms with E-state index in [1.807, 2.05) is 30.3 Å². The van der Waals surface area contributed by atoms with Crippen molar-refractivity contribution in [1.29, 1.82) is 0 Å². The predicted octanol–water partition coefficient (Wildman–Crippen LogP) is 3.22. The molecule has 0 spiro atoms. The standard InChI is InChI=1S/C14H11N3O2S/c1-19-13(18)12-8-16-14(20-12)17-10-4-5-11-9(7-10)3-2-6-15-11/h2-8H,1H3,(H,16,17). The molecule has 0 atom stereocenters. The normalized spacial score (nSPS) is 10.4. The third kappa shape index (κ3) is 2.46. The van der Waals surface area contributed by atoms with Crippen molar-refractivity contribution in [1.82, 2.24) is 9.97 Å². The summed E-state index contributed by atoms with van der Waals surface area (Å²) >= 11 is 1.25. The number of benzene rings is 1. The van der Waals surface area contributed by atoms with Gasteiger partial charge in [0.15, 0.2) is 5.13 Å². The zero-order valence-electron chi connectivity index (χ0n) is 10.7. The largest absolute Gasteiger partial charge is 0.465 e.